The van der Waals surface area contributed by atoms with Gasteiger partial charge in [0.05, 0.1) is 5.02 Å². The Hall–Kier alpha value is -1.42. The molecule has 0 atom stereocenters. The largest absolute Gasteiger partial charge is 0.550 e. The minimum absolute atomic E-state index is 0.158. The van der Waals surface area contributed by atoms with Crippen molar-refractivity contribution in [3.63, 3.8) is 0 Å². The molecule has 0 aromatic heterocycles. The van der Waals surface area contributed by atoms with E-state index in [1.165, 1.54) is 12.1 Å². The van der Waals surface area contributed by atoms with Gasteiger partial charge in [0.25, 0.3) is 0 Å². The first kappa shape index (κ1) is 11.7. The number of carboxylic acids is 1. The zero-order valence-corrected chi connectivity index (χ0v) is 8.38. The van der Waals surface area contributed by atoms with Crippen LogP contribution in [0.15, 0.2) is 18.2 Å². The normalized spacial score (nSPS) is 10.0. The van der Waals surface area contributed by atoms with E-state index >= 15 is 0 Å². The summed E-state index contributed by atoms with van der Waals surface area (Å²) in [5, 5.41) is 9.95. The van der Waals surface area contributed by atoms with Crippen LogP contribution < -0.4 is 5.11 Å². The molecule has 15 heavy (non-hydrogen) atoms. The highest BCUT2D eigenvalue weighted by Crippen LogP contribution is 2.17. The van der Waals surface area contributed by atoms with Crippen molar-refractivity contribution >= 4 is 23.4 Å². The van der Waals surface area contributed by atoms with Crippen LogP contribution in [0.3, 0.4) is 0 Å². The van der Waals surface area contributed by atoms with Crippen LogP contribution in [0, 0.1) is 5.82 Å². The van der Waals surface area contributed by atoms with Gasteiger partial charge < -0.3 is 9.90 Å². The molecule has 0 amide bonds. The summed E-state index contributed by atoms with van der Waals surface area (Å²) < 4.78 is 12.7. The van der Waals surface area contributed by atoms with Gasteiger partial charge in [-0.25, -0.2) is 4.39 Å². The van der Waals surface area contributed by atoms with E-state index in [1.807, 2.05) is 0 Å². The standard InChI is InChI=1S/C10H8ClFO3/c11-7-5-6(1-2-8(7)12)9(13)3-4-10(14)15/h1-2,5H,3-4H2,(H,14,15)/p-1. The Bertz CT molecular complexity index is 404. The number of hydrogen-bond donors (Lipinski definition) is 0. The molecule has 0 aliphatic rings. The van der Waals surface area contributed by atoms with Crippen molar-refractivity contribution in [2.75, 3.05) is 0 Å². The zero-order valence-electron chi connectivity index (χ0n) is 7.63. The topological polar surface area (TPSA) is 57.2 Å². The summed E-state index contributed by atoms with van der Waals surface area (Å²) >= 11 is 5.46. The molecule has 0 radical (unpaired) electrons. The lowest BCUT2D eigenvalue weighted by Crippen LogP contribution is -2.22. The van der Waals surface area contributed by atoms with Gasteiger partial charge in [0.15, 0.2) is 5.78 Å². The Morgan fingerprint density at radius 2 is 2.00 bits per heavy atom. The lowest BCUT2D eigenvalue weighted by atomic mass is 10.1. The fourth-order valence-corrected chi connectivity index (χ4v) is 1.21. The fourth-order valence-electron chi connectivity index (χ4n) is 1.03. The number of carbonyl (C=O) groups is 2. The second kappa shape index (κ2) is 4.89. The quantitative estimate of drug-likeness (QED) is 0.729. The van der Waals surface area contributed by atoms with Gasteiger partial charge in [0.1, 0.15) is 5.82 Å². The number of hydrogen-bond acceptors (Lipinski definition) is 3. The molecule has 1 rings (SSSR count). The number of ketones is 1. The van der Waals surface area contributed by atoms with Crippen molar-refractivity contribution in [3.8, 4) is 0 Å². The smallest absolute Gasteiger partial charge is 0.163 e. The minimum atomic E-state index is -1.29. The van der Waals surface area contributed by atoms with Crippen molar-refractivity contribution in [1.82, 2.24) is 0 Å². The maximum Gasteiger partial charge on any atom is 0.163 e. The van der Waals surface area contributed by atoms with Gasteiger partial charge in [-0.2, -0.15) is 0 Å². The van der Waals surface area contributed by atoms with E-state index in [2.05, 4.69) is 0 Å². The highest BCUT2D eigenvalue weighted by atomic mass is 35.5. The number of benzene rings is 1. The molecular formula is C10H7ClFO3-. The Morgan fingerprint density at radius 3 is 2.53 bits per heavy atom. The van der Waals surface area contributed by atoms with Crippen LogP contribution in [0.2, 0.25) is 5.02 Å². The Balaban J connectivity index is 2.74. The summed E-state index contributed by atoms with van der Waals surface area (Å²) in [4.78, 5) is 21.4. The van der Waals surface area contributed by atoms with Crippen molar-refractivity contribution in [2.45, 2.75) is 12.8 Å². The number of carboxylic acid groups (broad SMARTS) is 1. The lowest BCUT2D eigenvalue weighted by Gasteiger charge is -2.02. The average Bonchev–Trinajstić information content (AvgIpc) is 2.18. The Kier molecular flexibility index (Phi) is 3.80. The third-order valence-corrected chi connectivity index (χ3v) is 2.09. The van der Waals surface area contributed by atoms with Gasteiger partial charge in [-0.3, -0.25) is 4.79 Å². The number of carbonyl (C=O) groups excluding carboxylic acids is 2. The summed E-state index contributed by atoms with van der Waals surface area (Å²) in [6.45, 7) is 0. The van der Waals surface area contributed by atoms with Crippen LogP contribution in [0.5, 0.6) is 0 Å². The van der Waals surface area contributed by atoms with E-state index in [0.29, 0.717) is 0 Å². The van der Waals surface area contributed by atoms with E-state index in [-0.39, 0.29) is 23.4 Å². The summed E-state index contributed by atoms with van der Waals surface area (Å²) in [7, 11) is 0. The van der Waals surface area contributed by atoms with Gasteiger partial charge in [0.2, 0.25) is 0 Å². The fraction of sp³-hybridized carbons (Fsp3) is 0.200. The molecule has 1 aromatic carbocycles. The van der Waals surface area contributed by atoms with E-state index in [0.717, 1.165) is 6.07 Å². The lowest BCUT2D eigenvalue weighted by molar-refractivity contribution is -0.305. The predicted octanol–water partition coefficient (Wildman–Crippen LogP) is 1.19. The monoisotopic (exact) mass is 229 g/mol. The summed E-state index contributed by atoms with van der Waals surface area (Å²) in [5.74, 6) is -2.31. The zero-order chi connectivity index (χ0) is 11.4. The molecule has 0 heterocycles. The van der Waals surface area contributed by atoms with Gasteiger partial charge in [0, 0.05) is 18.0 Å². The third kappa shape index (κ3) is 3.32. The van der Waals surface area contributed by atoms with Crippen LogP contribution in [0.1, 0.15) is 23.2 Å². The summed E-state index contributed by atoms with van der Waals surface area (Å²) in [6, 6.07) is 3.50. The molecule has 0 saturated heterocycles. The van der Waals surface area contributed by atoms with Crippen LogP contribution in [-0.4, -0.2) is 11.8 Å². The first-order valence-electron chi connectivity index (χ1n) is 4.19. The molecule has 80 valence electrons. The molecular weight excluding hydrogens is 223 g/mol. The van der Waals surface area contributed by atoms with Gasteiger partial charge in [-0.05, 0) is 24.6 Å². The summed E-state index contributed by atoms with van der Waals surface area (Å²) in [5.41, 5.74) is 0.197. The van der Waals surface area contributed by atoms with Crippen LogP contribution in [0.25, 0.3) is 0 Å². The molecule has 0 fully saturated rings. The molecule has 5 heteroatoms. The predicted molar refractivity (Wildman–Crippen MR) is 50.0 cm³/mol. The molecule has 0 bridgehead atoms. The average molecular weight is 230 g/mol. The van der Waals surface area contributed by atoms with E-state index in [1.54, 1.807) is 0 Å². The van der Waals surface area contributed by atoms with E-state index in [9.17, 15) is 19.1 Å². The molecule has 1 aromatic rings. The molecule has 0 N–H and O–H groups in total. The maximum absolute atomic E-state index is 12.7. The first-order chi connectivity index (χ1) is 7.00. The molecule has 0 aliphatic carbocycles. The first-order valence-corrected chi connectivity index (χ1v) is 4.56. The third-order valence-electron chi connectivity index (χ3n) is 1.80. The molecule has 0 aliphatic heterocycles. The SMILES string of the molecule is O=C([O-])CCC(=O)c1ccc(F)c(Cl)c1. The van der Waals surface area contributed by atoms with Crippen molar-refractivity contribution < 1.29 is 19.1 Å². The second-order valence-corrected chi connectivity index (χ2v) is 3.33. The Morgan fingerprint density at radius 1 is 1.33 bits per heavy atom. The van der Waals surface area contributed by atoms with Crippen LogP contribution in [0.4, 0.5) is 4.39 Å². The summed E-state index contributed by atoms with van der Waals surface area (Å²) in [6.07, 6.45) is -0.530. The molecule has 0 spiro atoms. The van der Waals surface area contributed by atoms with Crippen molar-refractivity contribution in [3.05, 3.63) is 34.6 Å². The maximum atomic E-state index is 12.7. The minimum Gasteiger partial charge on any atom is -0.550 e. The number of rotatable bonds is 4. The van der Waals surface area contributed by atoms with E-state index < -0.39 is 17.6 Å². The van der Waals surface area contributed by atoms with Crippen LogP contribution >= 0.6 is 11.6 Å². The number of halogens is 2. The van der Waals surface area contributed by atoms with Gasteiger partial charge in [-0.15, -0.1) is 0 Å². The number of Topliss-reactive ketones (excluding diaryl/α,β-unsaturated/α-hetero) is 1. The van der Waals surface area contributed by atoms with E-state index in [4.69, 9.17) is 11.6 Å². The van der Waals surface area contributed by atoms with Crippen molar-refractivity contribution in [2.24, 2.45) is 0 Å². The highest BCUT2D eigenvalue weighted by Gasteiger charge is 2.08. The van der Waals surface area contributed by atoms with Gasteiger partial charge >= 0.3 is 0 Å². The van der Waals surface area contributed by atoms with Crippen LogP contribution in [-0.2, 0) is 4.79 Å². The van der Waals surface area contributed by atoms with Gasteiger partial charge in [-0.1, -0.05) is 11.6 Å². The highest BCUT2D eigenvalue weighted by molar-refractivity contribution is 6.31. The van der Waals surface area contributed by atoms with Crippen molar-refractivity contribution in [1.29, 1.82) is 0 Å². The molecule has 0 unspecified atom stereocenters. The molecule has 3 nitrogen and oxygen atoms in total. The molecule has 0 saturated carbocycles. The number of aliphatic carboxylic acids is 1. The Labute approximate surface area is 90.5 Å². The second-order valence-electron chi connectivity index (χ2n) is 2.92.